The Kier molecular flexibility index (Phi) is 4.85. The van der Waals surface area contributed by atoms with E-state index < -0.39 is 0 Å². The van der Waals surface area contributed by atoms with Gasteiger partial charge in [0.25, 0.3) is 0 Å². The van der Waals surface area contributed by atoms with Crippen molar-refractivity contribution in [2.24, 2.45) is 5.41 Å². The number of nitrogens with one attached hydrogen (secondary N) is 1. The Hall–Kier alpha value is -0.120. The van der Waals surface area contributed by atoms with Crippen LogP contribution in [0.5, 0.6) is 0 Å². The summed E-state index contributed by atoms with van der Waals surface area (Å²) in [5.41, 5.74) is 0.254. The van der Waals surface area contributed by atoms with Crippen molar-refractivity contribution in [1.29, 1.82) is 0 Å². The van der Waals surface area contributed by atoms with Gasteiger partial charge < -0.3 is 10.1 Å². The van der Waals surface area contributed by atoms with Gasteiger partial charge in [0, 0.05) is 26.2 Å². The van der Waals surface area contributed by atoms with Crippen molar-refractivity contribution >= 4 is 0 Å². The summed E-state index contributed by atoms with van der Waals surface area (Å²) in [7, 11) is 2.04. The maximum atomic E-state index is 6.14. The molecule has 1 rings (SSSR count). The second-order valence-electron chi connectivity index (χ2n) is 7.46. The molecule has 0 radical (unpaired) electrons. The number of rotatable bonds is 5. The molecule has 0 amide bonds. The fraction of sp³-hybridized carbons (Fsp3) is 1.00. The summed E-state index contributed by atoms with van der Waals surface area (Å²) in [6.45, 7) is 17.7. The van der Waals surface area contributed by atoms with Crippen LogP contribution in [0.15, 0.2) is 0 Å². The third kappa shape index (κ3) is 4.52. The quantitative estimate of drug-likeness (QED) is 0.818. The Bertz CT molecular complexity index is 260. The standard InChI is InChI=1S/C15H32N2O/c1-8-15(6,9-16-7)12-17-10-13(2,3)18-14(4,5)11-17/h16H,8-12H2,1-7H3. The largest absolute Gasteiger partial charge is 0.367 e. The molecule has 0 aromatic heterocycles. The van der Waals surface area contributed by atoms with Crippen molar-refractivity contribution in [3.05, 3.63) is 0 Å². The van der Waals surface area contributed by atoms with Gasteiger partial charge in [-0.1, -0.05) is 13.8 Å². The van der Waals surface area contributed by atoms with Gasteiger partial charge in [-0.2, -0.15) is 0 Å². The van der Waals surface area contributed by atoms with Gasteiger partial charge in [0.2, 0.25) is 0 Å². The number of nitrogens with zero attached hydrogens (tertiary/aromatic N) is 1. The minimum Gasteiger partial charge on any atom is -0.367 e. The number of hydrogen-bond donors (Lipinski definition) is 1. The molecule has 1 atom stereocenters. The number of hydrogen-bond acceptors (Lipinski definition) is 3. The molecule has 0 aromatic rings. The van der Waals surface area contributed by atoms with E-state index >= 15 is 0 Å². The minimum atomic E-state index is -0.0456. The van der Waals surface area contributed by atoms with Crippen LogP contribution in [0.3, 0.4) is 0 Å². The van der Waals surface area contributed by atoms with Crippen LogP contribution in [0.2, 0.25) is 0 Å². The lowest BCUT2D eigenvalue weighted by Crippen LogP contribution is -2.59. The molecule has 108 valence electrons. The van der Waals surface area contributed by atoms with Gasteiger partial charge in [0.15, 0.2) is 0 Å². The van der Waals surface area contributed by atoms with Crippen LogP contribution < -0.4 is 5.32 Å². The Morgan fingerprint density at radius 3 is 2.06 bits per heavy atom. The maximum Gasteiger partial charge on any atom is 0.0760 e. The highest BCUT2D eigenvalue weighted by Gasteiger charge is 2.39. The summed E-state index contributed by atoms with van der Waals surface area (Å²) >= 11 is 0. The van der Waals surface area contributed by atoms with Crippen LogP contribution in [0.4, 0.5) is 0 Å². The lowest BCUT2D eigenvalue weighted by Gasteiger charge is -2.49. The van der Waals surface area contributed by atoms with E-state index in [0.29, 0.717) is 5.41 Å². The summed E-state index contributed by atoms with van der Waals surface area (Å²) in [6, 6.07) is 0. The first kappa shape index (κ1) is 15.9. The normalized spacial score (nSPS) is 26.8. The van der Waals surface area contributed by atoms with E-state index in [4.69, 9.17) is 4.74 Å². The van der Waals surface area contributed by atoms with E-state index in [1.165, 1.54) is 6.42 Å². The predicted octanol–water partition coefficient (Wildman–Crippen LogP) is 2.51. The van der Waals surface area contributed by atoms with Crippen LogP contribution in [-0.4, -0.2) is 49.3 Å². The van der Waals surface area contributed by atoms with Crippen molar-refractivity contribution in [3.8, 4) is 0 Å². The van der Waals surface area contributed by atoms with E-state index in [1.807, 2.05) is 7.05 Å². The molecular weight excluding hydrogens is 224 g/mol. The van der Waals surface area contributed by atoms with Crippen LogP contribution in [0.25, 0.3) is 0 Å². The number of morpholine rings is 1. The Morgan fingerprint density at radius 1 is 1.17 bits per heavy atom. The Morgan fingerprint density at radius 2 is 1.67 bits per heavy atom. The van der Waals surface area contributed by atoms with Gasteiger partial charge in [-0.3, -0.25) is 4.90 Å². The Balaban J connectivity index is 2.71. The first-order valence-corrected chi connectivity index (χ1v) is 7.19. The van der Waals surface area contributed by atoms with Crippen molar-refractivity contribution in [1.82, 2.24) is 10.2 Å². The predicted molar refractivity (Wildman–Crippen MR) is 78.0 cm³/mol. The summed E-state index contributed by atoms with van der Waals surface area (Å²) in [5.74, 6) is 0. The Labute approximate surface area is 113 Å². The molecule has 1 unspecified atom stereocenters. The third-order valence-electron chi connectivity index (χ3n) is 3.82. The fourth-order valence-electron chi connectivity index (χ4n) is 3.32. The van der Waals surface area contributed by atoms with E-state index in [1.54, 1.807) is 0 Å². The molecule has 0 aromatic carbocycles. The highest BCUT2D eigenvalue weighted by atomic mass is 16.5. The van der Waals surface area contributed by atoms with Crippen molar-refractivity contribution in [2.75, 3.05) is 33.2 Å². The summed E-state index contributed by atoms with van der Waals surface area (Å²) in [4.78, 5) is 2.57. The van der Waals surface area contributed by atoms with Crippen LogP contribution >= 0.6 is 0 Å². The topological polar surface area (TPSA) is 24.5 Å². The van der Waals surface area contributed by atoms with Gasteiger partial charge in [-0.05, 0) is 46.6 Å². The zero-order valence-electron chi connectivity index (χ0n) is 13.4. The smallest absolute Gasteiger partial charge is 0.0760 e. The molecule has 1 saturated heterocycles. The molecule has 1 N–H and O–H groups in total. The van der Waals surface area contributed by atoms with Crippen molar-refractivity contribution < 1.29 is 4.74 Å². The van der Waals surface area contributed by atoms with Gasteiger partial charge in [0.1, 0.15) is 0 Å². The van der Waals surface area contributed by atoms with E-state index in [0.717, 1.165) is 26.2 Å². The highest BCUT2D eigenvalue weighted by molar-refractivity contribution is 4.91. The maximum absolute atomic E-state index is 6.14. The first-order chi connectivity index (χ1) is 8.11. The lowest BCUT2D eigenvalue weighted by molar-refractivity contribution is -0.184. The fourth-order valence-corrected chi connectivity index (χ4v) is 3.32. The van der Waals surface area contributed by atoms with Gasteiger partial charge in [-0.25, -0.2) is 0 Å². The van der Waals surface area contributed by atoms with Crippen molar-refractivity contribution in [3.63, 3.8) is 0 Å². The molecule has 0 bridgehead atoms. The van der Waals surface area contributed by atoms with Gasteiger partial charge in [-0.15, -0.1) is 0 Å². The average Bonchev–Trinajstić information content (AvgIpc) is 2.12. The minimum absolute atomic E-state index is 0.0456. The van der Waals surface area contributed by atoms with Gasteiger partial charge in [0.05, 0.1) is 11.2 Å². The third-order valence-corrected chi connectivity index (χ3v) is 3.82. The van der Waals surface area contributed by atoms with E-state index in [-0.39, 0.29) is 11.2 Å². The van der Waals surface area contributed by atoms with Gasteiger partial charge >= 0.3 is 0 Å². The molecule has 3 heteroatoms. The molecule has 0 aliphatic carbocycles. The van der Waals surface area contributed by atoms with Crippen LogP contribution in [0.1, 0.15) is 48.0 Å². The van der Waals surface area contributed by atoms with Crippen LogP contribution in [-0.2, 0) is 4.74 Å². The summed E-state index contributed by atoms with van der Waals surface area (Å²) in [6.07, 6.45) is 1.20. The molecule has 1 fully saturated rings. The molecule has 1 aliphatic heterocycles. The molecule has 18 heavy (non-hydrogen) atoms. The summed E-state index contributed by atoms with van der Waals surface area (Å²) < 4.78 is 6.14. The molecule has 1 heterocycles. The first-order valence-electron chi connectivity index (χ1n) is 7.19. The molecular formula is C15H32N2O. The average molecular weight is 256 g/mol. The SMILES string of the molecule is CCC(C)(CNC)CN1CC(C)(C)OC(C)(C)C1. The van der Waals surface area contributed by atoms with E-state index in [2.05, 4.69) is 51.8 Å². The molecule has 0 spiro atoms. The molecule has 3 nitrogen and oxygen atoms in total. The monoisotopic (exact) mass is 256 g/mol. The van der Waals surface area contributed by atoms with E-state index in [9.17, 15) is 0 Å². The second-order valence-corrected chi connectivity index (χ2v) is 7.46. The second kappa shape index (κ2) is 5.48. The molecule has 0 saturated carbocycles. The molecule has 1 aliphatic rings. The lowest BCUT2D eigenvalue weighted by atomic mass is 9.85. The summed E-state index contributed by atoms with van der Waals surface area (Å²) in [5, 5.41) is 3.33. The van der Waals surface area contributed by atoms with Crippen LogP contribution in [0, 0.1) is 5.41 Å². The van der Waals surface area contributed by atoms with Crippen molar-refractivity contribution in [2.45, 2.75) is 59.2 Å². The zero-order chi connectivity index (χ0) is 14.0. The highest BCUT2D eigenvalue weighted by Crippen LogP contribution is 2.31. The number of ether oxygens (including phenoxy) is 1. The zero-order valence-corrected chi connectivity index (χ0v) is 13.4.